The smallest absolute Gasteiger partial charge is 0.408 e. The van der Waals surface area contributed by atoms with Crippen LogP contribution in [0.25, 0.3) is 0 Å². The van der Waals surface area contributed by atoms with Crippen LogP contribution in [0.1, 0.15) is 6.42 Å². The second-order valence-corrected chi connectivity index (χ2v) is 5.66. The third kappa shape index (κ3) is 3.16. The van der Waals surface area contributed by atoms with E-state index in [0.29, 0.717) is 19.6 Å². The number of nitrogens with one attached hydrogen (secondary N) is 1. The van der Waals surface area contributed by atoms with Gasteiger partial charge in [-0.1, -0.05) is 0 Å². The maximum absolute atomic E-state index is 11.4. The highest BCUT2D eigenvalue weighted by Crippen LogP contribution is 2.26. The number of amides is 1. The van der Waals surface area contributed by atoms with Crippen molar-refractivity contribution in [1.82, 2.24) is 15.2 Å². The quantitative estimate of drug-likeness (QED) is 0.621. The molecule has 0 aliphatic carbocycles. The average Bonchev–Trinajstić information content (AvgIpc) is 2.48. The number of hydrogen-bond donors (Lipinski definition) is 2. The first-order chi connectivity index (χ1) is 10.0. The molecule has 2 heterocycles. The van der Waals surface area contributed by atoms with Crippen molar-refractivity contribution >= 4 is 34.0 Å². The van der Waals surface area contributed by atoms with Gasteiger partial charge in [0, 0.05) is 19.5 Å². The van der Waals surface area contributed by atoms with E-state index in [1.807, 2.05) is 17.0 Å². The molecule has 0 saturated carbocycles. The number of aldehydes is 1. The van der Waals surface area contributed by atoms with E-state index < -0.39 is 11.8 Å². The number of halogens is 1. The summed E-state index contributed by atoms with van der Waals surface area (Å²) in [6, 6.07) is 3.74. The average molecular weight is 357 g/mol. The maximum Gasteiger partial charge on any atom is 0.408 e. The van der Waals surface area contributed by atoms with Crippen molar-refractivity contribution in [3.63, 3.8) is 0 Å². The Morgan fingerprint density at radius 1 is 1.57 bits per heavy atom. The van der Waals surface area contributed by atoms with Gasteiger partial charge >= 0.3 is 6.09 Å². The molecule has 0 spiro atoms. The van der Waals surface area contributed by atoms with Crippen LogP contribution in [0.5, 0.6) is 0 Å². The molecule has 0 bridgehead atoms. The molecular formula is C13H17BrN4O3. The van der Waals surface area contributed by atoms with E-state index in [9.17, 15) is 14.7 Å². The van der Waals surface area contributed by atoms with Crippen molar-refractivity contribution in [2.75, 3.05) is 31.6 Å². The Bertz CT molecular complexity index is 525. The molecule has 0 aromatic carbocycles. The fourth-order valence-corrected chi connectivity index (χ4v) is 2.83. The molecule has 7 nitrogen and oxygen atoms in total. The van der Waals surface area contributed by atoms with Crippen LogP contribution in [0.3, 0.4) is 0 Å². The van der Waals surface area contributed by atoms with Gasteiger partial charge in [-0.3, -0.25) is 10.2 Å². The highest BCUT2D eigenvalue weighted by atomic mass is 79.9. The summed E-state index contributed by atoms with van der Waals surface area (Å²) in [7, 11) is 1.67. The Balaban J connectivity index is 2.28. The van der Waals surface area contributed by atoms with E-state index in [1.165, 1.54) is 4.90 Å². The van der Waals surface area contributed by atoms with Gasteiger partial charge in [-0.2, -0.15) is 0 Å². The highest BCUT2D eigenvalue weighted by molar-refractivity contribution is 9.10. The summed E-state index contributed by atoms with van der Waals surface area (Å²) in [5, 5.41) is 12.4. The first-order valence-corrected chi connectivity index (χ1v) is 7.31. The second kappa shape index (κ2) is 6.40. The summed E-state index contributed by atoms with van der Waals surface area (Å²) in [5.74, 6) is 0. The normalized spacial score (nSPS) is 22.2. The van der Waals surface area contributed by atoms with Crippen LogP contribution in [-0.2, 0) is 4.79 Å². The van der Waals surface area contributed by atoms with Crippen LogP contribution in [0.2, 0.25) is 0 Å². The standard InChI is InChI=1S/C13H17BrN4O3/c1-15-13(4-7-19)9-17(5-6-18(13)12(20)21)10-2-3-11(14)16-8-10/h2-3,7-8,15H,4-6,9H2,1H3,(H,20,21). The van der Waals surface area contributed by atoms with E-state index in [-0.39, 0.29) is 6.42 Å². The minimum atomic E-state index is -1.03. The molecule has 1 aliphatic heterocycles. The number of piperazine rings is 1. The Morgan fingerprint density at radius 3 is 2.86 bits per heavy atom. The number of carbonyl (C=O) groups is 2. The van der Waals surface area contributed by atoms with Crippen LogP contribution in [0, 0.1) is 0 Å². The zero-order valence-corrected chi connectivity index (χ0v) is 13.2. The zero-order valence-electron chi connectivity index (χ0n) is 11.6. The monoisotopic (exact) mass is 356 g/mol. The van der Waals surface area contributed by atoms with Gasteiger partial charge in [0.25, 0.3) is 0 Å². The number of carbonyl (C=O) groups excluding carboxylic acids is 1. The van der Waals surface area contributed by atoms with Gasteiger partial charge in [0.1, 0.15) is 16.6 Å². The molecule has 2 N–H and O–H groups in total. The molecule has 1 fully saturated rings. The van der Waals surface area contributed by atoms with Gasteiger partial charge in [0.2, 0.25) is 0 Å². The van der Waals surface area contributed by atoms with E-state index in [0.717, 1.165) is 16.6 Å². The van der Waals surface area contributed by atoms with Gasteiger partial charge in [-0.05, 0) is 35.1 Å². The minimum absolute atomic E-state index is 0.0935. The second-order valence-electron chi connectivity index (χ2n) is 4.85. The SMILES string of the molecule is CNC1(CC=O)CN(c2ccc(Br)nc2)CCN1C(=O)O. The summed E-state index contributed by atoms with van der Waals surface area (Å²) in [5.41, 5.74) is -0.0207. The van der Waals surface area contributed by atoms with Crippen LogP contribution >= 0.6 is 15.9 Å². The maximum atomic E-state index is 11.4. The Kier molecular flexibility index (Phi) is 4.79. The summed E-state index contributed by atoms with van der Waals surface area (Å²) < 4.78 is 0.739. The first kappa shape index (κ1) is 15.7. The molecule has 114 valence electrons. The van der Waals surface area contributed by atoms with E-state index in [2.05, 4.69) is 26.2 Å². The number of carboxylic acid groups (broad SMARTS) is 1. The van der Waals surface area contributed by atoms with Crippen LogP contribution in [0.4, 0.5) is 10.5 Å². The molecule has 1 unspecified atom stereocenters. The molecule has 0 radical (unpaired) electrons. The summed E-state index contributed by atoms with van der Waals surface area (Å²) >= 11 is 3.28. The number of hydrogen-bond acceptors (Lipinski definition) is 5. The van der Waals surface area contributed by atoms with Crippen LogP contribution in [-0.4, -0.2) is 59.7 Å². The third-order valence-electron chi connectivity index (χ3n) is 3.76. The fraction of sp³-hybridized carbons (Fsp3) is 0.462. The van der Waals surface area contributed by atoms with Crippen molar-refractivity contribution in [2.24, 2.45) is 0 Å². The molecule has 1 aliphatic rings. The molecule has 2 rings (SSSR count). The fourth-order valence-electron chi connectivity index (χ4n) is 2.60. The highest BCUT2D eigenvalue weighted by Gasteiger charge is 2.43. The Morgan fingerprint density at radius 2 is 2.33 bits per heavy atom. The molecular weight excluding hydrogens is 340 g/mol. The molecule has 1 aromatic heterocycles. The Hall–Kier alpha value is -1.67. The van der Waals surface area contributed by atoms with E-state index in [4.69, 9.17) is 0 Å². The summed E-state index contributed by atoms with van der Waals surface area (Å²) in [6.07, 6.45) is 1.54. The molecule has 21 heavy (non-hydrogen) atoms. The van der Waals surface area contributed by atoms with Crippen molar-refractivity contribution in [3.05, 3.63) is 22.9 Å². The molecule has 1 aromatic rings. The minimum Gasteiger partial charge on any atom is -0.465 e. The largest absolute Gasteiger partial charge is 0.465 e. The zero-order chi connectivity index (χ0) is 15.5. The van der Waals surface area contributed by atoms with Crippen LogP contribution in [0.15, 0.2) is 22.9 Å². The van der Waals surface area contributed by atoms with Crippen molar-refractivity contribution < 1.29 is 14.7 Å². The first-order valence-electron chi connectivity index (χ1n) is 6.52. The summed E-state index contributed by atoms with van der Waals surface area (Å²) in [6.45, 7) is 1.26. The lowest BCUT2D eigenvalue weighted by atomic mass is 10.0. The lowest BCUT2D eigenvalue weighted by Gasteiger charge is -2.49. The van der Waals surface area contributed by atoms with Gasteiger partial charge < -0.3 is 14.8 Å². The number of likely N-dealkylation sites (N-methyl/N-ethyl adjacent to an activating group) is 1. The topological polar surface area (TPSA) is 85.8 Å². The predicted octanol–water partition coefficient (Wildman–Crippen LogP) is 1.15. The lowest BCUT2D eigenvalue weighted by Crippen LogP contribution is -2.70. The van der Waals surface area contributed by atoms with Gasteiger partial charge in [-0.25, -0.2) is 9.78 Å². The van der Waals surface area contributed by atoms with Crippen molar-refractivity contribution in [3.8, 4) is 0 Å². The number of aromatic nitrogens is 1. The molecule has 8 heteroatoms. The van der Waals surface area contributed by atoms with Gasteiger partial charge in [-0.15, -0.1) is 0 Å². The number of nitrogens with zero attached hydrogens (tertiary/aromatic N) is 3. The Labute approximate surface area is 131 Å². The van der Waals surface area contributed by atoms with E-state index >= 15 is 0 Å². The van der Waals surface area contributed by atoms with Crippen molar-refractivity contribution in [1.29, 1.82) is 0 Å². The third-order valence-corrected chi connectivity index (χ3v) is 4.23. The predicted molar refractivity (Wildman–Crippen MR) is 81.4 cm³/mol. The molecule has 1 amide bonds. The molecule has 1 atom stereocenters. The number of pyridine rings is 1. The molecule has 1 saturated heterocycles. The lowest BCUT2D eigenvalue weighted by molar-refractivity contribution is -0.110. The number of anilines is 1. The van der Waals surface area contributed by atoms with Gasteiger partial charge in [0.15, 0.2) is 0 Å². The summed E-state index contributed by atoms with van der Waals surface area (Å²) in [4.78, 5) is 29.9. The van der Waals surface area contributed by atoms with Crippen LogP contribution < -0.4 is 10.2 Å². The van der Waals surface area contributed by atoms with Gasteiger partial charge in [0.05, 0.1) is 18.4 Å². The van der Waals surface area contributed by atoms with Crippen molar-refractivity contribution in [2.45, 2.75) is 12.1 Å². The number of rotatable bonds is 4. The van der Waals surface area contributed by atoms with E-state index in [1.54, 1.807) is 13.2 Å².